The van der Waals surface area contributed by atoms with E-state index in [-0.39, 0.29) is 0 Å². The molecule has 0 N–H and O–H groups in total. The zero-order valence-corrected chi connectivity index (χ0v) is 15.4. The molecule has 3 aromatic rings. The number of aromatic nitrogens is 1. The number of unbranched alkanes of at least 4 members (excludes halogenated alkanes) is 2. The lowest BCUT2D eigenvalue weighted by molar-refractivity contribution is 0.582. The van der Waals surface area contributed by atoms with E-state index in [0.29, 0.717) is 0 Å². The maximum absolute atomic E-state index is 12.8. The van der Waals surface area contributed by atoms with E-state index in [9.17, 15) is 4.39 Å². The number of benzene rings is 2. The number of nitrogens with zero attached hydrogens (tertiary/aromatic N) is 1. The SMILES string of the molecule is CCCCCc1ccc(-c2ccc(CCc3ccc(F)nc3)cc2)cc1. The first-order valence-corrected chi connectivity index (χ1v) is 9.53. The van der Waals surface area contributed by atoms with Gasteiger partial charge in [0.15, 0.2) is 0 Å². The number of hydrogen-bond acceptors (Lipinski definition) is 1. The first-order chi connectivity index (χ1) is 12.7. The van der Waals surface area contributed by atoms with Gasteiger partial charge in [-0.25, -0.2) is 4.98 Å². The molecule has 0 fully saturated rings. The third kappa shape index (κ3) is 5.26. The summed E-state index contributed by atoms with van der Waals surface area (Å²) in [7, 11) is 0. The van der Waals surface area contributed by atoms with Crippen molar-refractivity contribution in [3.63, 3.8) is 0 Å². The summed E-state index contributed by atoms with van der Waals surface area (Å²) >= 11 is 0. The van der Waals surface area contributed by atoms with Gasteiger partial charge in [-0.1, -0.05) is 74.4 Å². The van der Waals surface area contributed by atoms with Gasteiger partial charge in [-0.2, -0.15) is 4.39 Å². The molecule has 0 saturated carbocycles. The quantitative estimate of drug-likeness (QED) is 0.339. The molecule has 0 spiro atoms. The summed E-state index contributed by atoms with van der Waals surface area (Å²) in [6.45, 7) is 2.24. The molecular formula is C24H26FN. The molecule has 1 aromatic heterocycles. The van der Waals surface area contributed by atoms with Crippen LogP contribution in [0.5, 0.6) is 0 Å². The van der Waals surface area contributed by atoms with Crippen LogP contribution in [0.2, 0.25) is 0 Å². The minimum atomic E-state index is -0.422. The molecular weight excluding hydrogens is 321 g/mol. The number of halogens is 1. The molecule has 0 unspecified atom stereocenters. The topological polar surface area (TPSA) is 12.9 Å². The van der Waals surface area contributed by atoms with Crippen LogP contribution >= 0.6 is 0 Å². The molecule has 0 saturated heterocycles. The van der Waals surface area contributed by atoms with Gasteiger partial charge in [-0.05, 0) is 59.6 Å². The van der Waals surface area contributed by atoms with E-state index in [4.69, 9.17) is 0 Å². The van der Waals surface area contributed by atoms with Crippen LogP contribution in [0, 0.1) is 5.95 Å². The summed E-state index contributed by atoms with van der Waals surface area (Å²) in [5.74, 6) is -0.422. The summed E-state index contributed by atoms with van der Waals surface area (Å²) < 4.78 is 12.8. The molecule has 26 heavy (non-hydrogen) atoms. The van der Waals surface area contributed by atoms with Crippen LogP contribution in [-0.2, 0) is 19.3 Å². The van der Waals surface area contributed by atoms with E-state index >= 15 is 0 Å². The van der Waals surface area contributed by atoms with E-state index < -0.39 is 5.95 Å². The predicted octanol–water partition coefficient (Wildman–Crippen LogP) is 6.41. The molecule has 2 heteroatoms. The molecule has 134 valence electrons. The normalized spacial score (nSPS) is 10.8. The van der Waals surface area contributed by atoms with Crippen LogP contribution in [0.4, 0.5) is 4.39 Å². The molecule has 1 heterocycles. The Morgan fingerprint density at radius 2 is 1.19 bits per heavy atom. The van der Waals surface area contributed by atoms with Gasteiger partial charge in [0, 0.05) is 6.20 Å². The van der Waals surface area contributed by atoms with Crippen LogP contribution in [0.3, 0.4) is 0 Å². The highest BCUT2D eigenvalue weighted by molar-refractivity contribution is 5.64. The Labute approximate surface area is 155 Å². The number of pyridine rings is 1. The smallest absolute Gasteiger partial charge is 0.212 e. The van der Waals surface area contributed by atoms with Gasteiger partial charge in [0.2, 0.25) is 5.95 Å². The molecule has 2 aromatic carbocycles. The van der Waals surface area contributed by atoms with E-state index in [1.807, 2.05) is 0 Å². The molecule has 0 aliphatic heterocycles. The summed E-state index contributed by atoms with van der Waals surface area (Å²) in [5.41, 5.74) is 6.28. The maximum atomic E-state index is 12.8. The molecule has 0 aliphatic carbocycles. The average Bonchev–Trinajstić information content (AvgIpc) is 2.69. The van der Waals surface area contributed by atoms with Crippen LogP contribution in [0.1, 0.15) is 42.9 Å². The van der Waals surface area contributed by atoms with Crippen molar-refractivity contribution in [2.45, 2.75) is 45.4 Å². The van der Waals surface area contributed by atoms with E-state index in [0.717, 1.165) is 18.4 Å². The first kappa shape index (κ1) is 18.3. The Kier molecular flexibility index (Phi) is 6.54. The third-order valence-electron chi connectivity index (χ3n) is 4.80. The Hall–Kier alpha value is -2.48. The lowest BCUT2D eigenvalue weighted by Crippen LogP contribution is -1.93. The molecule has 1 nitrogen and oxygen atoms in total. The number of rotatable bonds is 8. The van der Waals surface area contributed by atoms with Gasteiger partial charge in [0.05, 0.1) is 0 Å². The Balaban J connectivity index is 1.57. The second kappa shape index (κ2) is 9.28. The van der Waals surface area contributed by atoms with Crippen LogP contribution < -0.4 is 0 Å². The van der Waals surface area contributed by atoms with Crippen molar-refractivity contribution in [2.75, 3.05) is 0 Å². The minimum Gasteiger partial charge on any atom is -0.228 e. The van der Waals surface area contributed by atoms with Crippen molar-refractivity contribution < 1.29 is 4.39 Å². The van der Waals surface area contributed by atoms with Crippen molar-refractivity contribution in [3.05, 3.63) is 89.5 Å². The Bertz CT molecular complexity index is 789. The second-order valence-electron chi connectivity index (χ2n) is 6.84. The fourth-order valence-electron chi connectivity index (χ4n) is 3.15. The van der Waals surface area contributed by atoms with E-state index in [1.165, 1.54) is 54.0 Å². The van der Waals surface area contributed by atoms with Crippen LogP contribution in [0.25, 0.3) is 11.1 Å². The van der Waals surface area contributed by atoms with Gasteiger partial charge >= 0.3 is 0 Å². The fraction of sp³-hybridized carbons (Fsp3) is 0.292. The molecule has 0 atom stereocenters. The molecule has 0 radical (unpaired) electrons. The van der Waals surface area contributed by atoms with Crippen molar-refractivity contribution >= 4 is 0 Å². The summed E-state index contributed by atoms with van der Waals surface area (Å²) in [5, 5.41) is 0. The summed E-state index contributed by atoms with van der Waals surface area (Å²) in [6, 6.07) is 20.9. The van der Waals surface area contributed by atoms with E-state index in [1.54, 1.807) is 12.3 Å². The highest BCUT2D eigenvalue weighted by Gasteiger charge is 2.01. The lowest BCUT2D eigenvalue weighted by Gasteiger charge is -2.07. The standard InChI is InChI=1S/C24H26FN/c1-2-3-4-5-19-8-13-22(14-9-19)23-15-10-20(11-16-23)6-7-21-12-17-24(25)26-18-21/h8-18H,2-7H2,1H3. The van der Waals surface area contributed by atoms with Crippen molar-refractivity contribution in [3.8, 4) is 11.1 Å². The Morgan fingerprint density at radius 1 is 0.654 bits per heavy atom. The van der Waals surface area contributed by atoms with Crippen molar-refractivity contribution in [1.29, 1.82) is 0 Å². The zero-order chi connectivity index (χ0) is 18.2. The largest absolute Gasteiger partial charge is 0.228 e. The van der Waals surface area contributed by atoms with Gasteiger partial charge in [0.1, 0.15) is 0 Å². The third-order valence-corrected chi connectivity index (χ3v) is 4.80. The monoisotopic (exact) mass is 347 g/mol. The van der Waals surface area contributed by atoms with Crippen molar-refractivity contribution in [1.82, 2.24) is 4.98 Å². The highest BCUT2D eigenvalue weighted by Crippen LogP contribution is 2.21. The maximum Gasteiger partial charge on any atom is 0.212 e. The zero-order valence-electron chi connectivity index (χ0n) is 15.4. The average molecular weight is 347 g/mol. The fourth-order valence-corrected chi connectivity index (χ4v) is 3.15. The second-order valence-corrected chi connectivity index (χ2v) is 6.84. The molecule has 0 aliphatic rings. The van der Waals surface area contributed by atoms with Crippen LogP contribution in [0.15, 0.2) is 66.9 Å². The van der Waals surface area contributed by atoms with Gasteiger partial charge in [0.25, 0.3) is 0 Å². The first-order valence-electron chi connectivity index (χ1n) is 9.53. The van der Waals surface area contributed by atoms with Gasteiger partial charge in [-0.3, -0.25) is 0 Å². The highest BCUT2D eigenvalue weighted by atomic mass is 19.1. The summed E-state index contributed by atoms with van der Waals surface area (Å²) in [6.07, 6.45) is 8.44. The van der Waals surface area contributed by atoms with Crippen LogP contribution in [-0.4, -0.2) is 4.98 Å². The lowest BCUT2D eigenvalue weighted by atomic mass is 9.99. The summed E-state index contributed by atoms with van der Waals surface area (Å²) in [4.78, 5) is 3.71. The van der Waals surface area contributed by atoms with E-state index in [2.05, 4.69) is 60.4 Å². The Morgan fingerprint density at radius 3 is 1.73 bits per heavy atom. The van der Waals surface area contributed by atoms with Crippen molar-refractivity contribution in [2.24, 2.45) is 0 Å². The minimum absolute atomic E-state index is 0.422. The van der Waals surface area contributed by atoms with Gasteiger partial charge < -0.3 is 0 Å². The number of aryl methyl sites for hydroxylation is 3. The molecule has 0 bridgehead atoms. The molecule has 3 rings (SSSR count). The van der Waals surface area contributed by atoms with Gasteiger partial charge in [-0.15, -0.1) is 0 Å². The molecule has 0 amide bonds. The predicted molar refractivity (Wildman–Crippen MR) is 107 cm³/mol. The number of hydrogen-bond donors (Lipinski definition) is 0.